The van der Waals surface area contributed by atoms with E-state index in [1.807, 2.05) is 0 Å². The minimum atomic E-state index is -4.67. The molecule has 0 aromatic rings. The van der Waals surface area contributed by atoms with Gasteiger partial charge in [-0.2, -0.15) is 8.42 Å². The maximum Gasteiger partial charge on any atom is 1.00 e. The molecule has 0 aliphatic rings. The quantitative estimate of drug-likeness (QED) is 0.272. The molecule has 0 unspecified atom stereocenters. The Labute approximate surface area is 129 Å². The van der Waals surface area contributed by atoms with E-state index < -0.39 is 17.7 Å². The smallest absolute Gasteiger partial charge is 0.871 e. The summed E-state index contributed by atoms with van der Waals surface area (Å²) in [6, 6.07) is 0. The van der Waals surface area contributed by atoms with Crippen molar-refractivity contribution in [3.05, 3.63) is 0 Å². The van der Waals surface area contributed by atoms with E-state index in [0.717, 1.165) is 0 Å². The summed E-state index contributed by atoms with van der Waals surface area (Å²) in [6.45, 7) is 0. The normalized spacial score (nSPS) is 7.73. The van der Waals surface area contributed by atoms with E-state index in [9.17, 15) is 0 Å². The molecule has 0 radical (unpaired) electrons. The molecule has 56 valence electrons. The summed E-state index contributed by atoms with van der Waals surface area (Å²) in [6.07, 6.45) is 0. The predicted octanol–water partition coefficient (Wildman–Crippen LogP) is -9.96. The summed E-state index contributed by atoms with van der Waals surface area (Å²) in [5, 5.41) is 24.0. The van der Waals surface area contributed by atoms with Crippen molar-refractivity contribution in [1.29, 1.82) is 0 Å². The van der Waals surface area contributed by atoms with Crippen molar-refractivity contribution in [3.8, 4) is 0 Å². The molecule has 0 aliphatic carbocycles. The van der Waals surface area contributed by atoms with E-state index in [1.165, 1.54) is 0 Å². The van der Waals surface area contributed by atoms with E-state index in [2.05, 4.69) is 0 Å². The molecule has 3 N–H and O–H groups in total. The molecule has 0 fully saturated rings. The Morgan fingerprint density at radius 3 is 1.18 bits per heavy atom. The summed E-state index contributed by atoms with van der Waals surface area (Å²) >= 11 is 0. The van der Waals surface area contributed by atoms with Crippen molar-refractivity contribution in [2.24, 2.45) is 0 Å². The fourth-order valence-corrected chi connectivity index (χ4v) is 0. The molecule has 0 spiro atoms. The summed E-state index contributed by atoms with van der Waals surface area (Å²) in [5.74, 6) is 0. The molecule has 0 saturated carbocycles. The third-order valence-electron chi connectivity index (χ3n) is 0. The minimum Gasteiger partial charge on any atom is -0.871 e. The van der Waals surface area contributed by atoms with E-state index in [4.69, 9.17) is 32.6 Å². The second-order valence-electron chi connectivity index (χ2n) is 0.755. The molecular weight excluding hydrogens is 217 g/mol. The van der Waals surface area contributed by atoms with Crippen LogP contribution in [-0.4, -0.2) is 29.9 Å². The van der Waals surface area contributed by atoms with Crippen molar-refractivity contribution < 1.29 is 114 Å². The van der Waals surface area contributed by atoms with Gasteiger partial charge in [0.05, 0.1) is 7.32 Å². The Morgan fingerprint density at radius 1 is 1.18 bits per heavy atom. The van der Waals surface area contributed by atoms with Gasteiger partial charge >= 0.3 is 91.3 Å². The van der Waals surface area contributed by atoms with Crippen LogP contribution in [0.3, 0.4) is 0 Å². The molecule has 0 aromatic carbocycles. The summed E-state index contributed by atoms with van der Waals surface area (Å²) in [5.41, 5.74) is 0. The SMILES string of the molecule is O=S(=O)(O)O.[K+].[Na+].[O-]B([O-])O. The Kier molecular flexibility index (Phi) is 26.4. The van der Waals surface area contributed by atoms with Gasteiger partial charge in [-0.3, -0.25) is 9.11 Å². The zero-order valence-corrected chi connectivity index (χ0v) is 11.9. The minimum absolute atomic E-state index is 0. The van der Waals surface area contributed by atoms with E-state index in [-0.39, 0.29) is 80.9 Å². The zero-order valence-electron chi connectivity index (χ0n) is 5.96. The van der Waals surface area contributed by atoms with Gasteiger partial charge in [0.1, 0.15) is 0 Å². The van der Waals surface area contributed by atoms with Crippen LogP contribution in [0.15, 0.2) is 0 Å². The van der Waals surface area contributed by atoms with Gasteiger partial charge < -0.3 is 15.1 Å². The van der Waals surface area contributed by atoms with Crippen LogP contribution in [0.2, 0.25) is 0 Å². The van der Waals surface area contributed by atoms with Crippen LogP contribution in [0.5, 0.6) is 0 Å². The first-order valence-corrected chi connectivity index (χ1v) is 2.83. The fraction of sp³-hybridized carbons (Fsp3) is 0. The second-order valence-corrected chi connectivity index (χ2v) is 1.65. The van der Waals surface area contributed by atoms with Crippen LogP contribution in [0.1, 0.15) is 0 Å². The van der Waals surface area contributed by atoms with Crippen molar-refractivity contribution in [2.45, 2.75) is 0 Å². The van der Waals surface area contributed by atoms with Crippen LogP contribution in [0, 0.1) is 0 Å². The summed E-state index contributed by atoms with van der Waals surface area (Å²) in [7, 11) is -7.33. The molecular formula is H3BKNaO7S. The van der Waals surface area contributed by atoms with Crippen molar-refractivity contribution >= 4 is 17.7 Å². The third kappa shape index (κ3) is 226. The van der Waals surface area contributed by atoms with Gasteiger partial charge in [-0.15, -0.1) is 0 Å². The molecule has 0 rings (SSSR count). The molecule has 0 aliphatic heterocycles. The molecule has 11 heteroatoms. The van der Waals surface area contributed by atoms with Gasteiger partial charge in [-0.05, 0) is 0 Å². The first kappa shape index (κ1) is 23.3. The van der Waals surface area contributed by atoms with Crippen LogP contribution in [-0.2, 0) is 10.4 Å². The Morgan fingerprint density at radius 2 is 1.18 bits per heavy atom. The van der Waals surface area contributed by atoms with Gasteiger partial charge in [0.25, 0.3) is 0 Å². The van der Waals surface area contributed by atoms with Crippen LogP contribution in [0.25, 0.3) is 0 Å². The molecule has 0 bridgehead atoms. The summed E-state index contributed by atoms with van der Waals surface area (Å²) < 4.78 is 31.6. The molecule has 0 saturated heterocycles. The largest absolute Gasteiger partial charge is 1.00 e. The molecule has 0 aromatic heterocycles. The van der Waals surface area contributed by atoms with Crippen LogP contribution < -0.4 is 91.0 Å². The third-order valence-corrected chi connectivity index (χ3v) is 0. The van der Waals surface area contributed by atoms with E-state index in [1.54, 1.807) is 0 Å². The molecule has 11 heavy (non-hydrogen) atoms. The molecule has 0 heterocycles. The molecule has 7 nitrogen and oxygen atoms in total. The average Bonchev–Trinajstić information content (AvgIpc) is 1.19. The topological polar surface area (TPSA) is 141 Å². The summed E-state index contributed by atoms with van der Waals surface area (Å²) in [4.78, 5) is 0. The zero-order chi connectivity index (χ0) is 8.08. The maximum atomic E-state index is 8.74. The first-order valence-electron chi connectivity index (χ1n) is 1.43. The van der Waals surface area contributed by atoms with Crippen LogP contribution >= 0.6 is 0 Å². The number of hydrogen-bond acceptors (Lipinski definition) is 5. The first-order chi connectivity index (χ1) is 3.73. The Balaban J connectivity index is -0.0000000383. The maximum absolute atomic E-state index is 8.74. The average molecular weight is 220 g/mol. The van der Waals surface area contributed by atoms with E-state index in [0.29, 0.717) is 0 Å². The van der Waals surface area contributed by atoms with E-state index >= 15 is 0 Å². The second kappa shape index (κ2) is 12.5. The van der Waals surface area contributed by atoms with Gasteiger partial charge in [-0.1, -0.05) is 0 Å². The van der Waals surface area contributed by atoms with Crippen molar-refractivity contribution in [1.82, 2.24) is 0 Å². The number of rotatable bonds is 0. The Hall–Kier alpha value is 2.45. The van der Waals surface area contributed by atoms with Gasteiger partial charge in [0, 0.05) is 0 Å². The van der Waals surface area contributed by atoms with Gasteiger partial charge in [0.2, 0.25) is 0 Å². The van der Waals surface area contributed by atoms with Gasteiger partial charge in [-0.25, -0.2) is 0 Å². The molecule has 0 amide bonds. The van der Waals surface area contributed by atoms with Gasteiger partial charge in [0.15, 0.2) is 0 Å². The standard InChI is InChI=1S/BHO3.K.Na.H2O4S/c2-1(3)4;;;1-5(2,3)4/h2H;;;(H2,1,2,3,4)/q-2;2*+1;. The molecule has 0 atom stereocenters. The van der Waals surface area contributed by atoms with Crippen molar-refractivity contribution in [3.63, 3.8) is 0 Å². The van der Waals surface area contributed by atoms with Crippen molar-refractivity contribution in [2.75, 3.05) is 0 Å². The Bertz CT molecular complexity index is 130. The predicted molar refractivity (Wildman–Crippen MR) is 22.2 cm³/mol. The van der Waals surface area contributed by atoms with Crippen LogP contribution in [0.4, 0.5) is 0 Å². The monoisotopic (exact) mass is 220 g/mol. The fourth-order valence-electron chi connectivity index (χ4n) is 0. The number of hydrogen-bond donors (Lipinski definition) is 3.